The molecule has 1 aromatic carbocycles. The van der Waals surface area contributed by atoms with Crippen LogP contribution in [0.3, 0.4) is 0 Å². The number of halogens is 1. The summed E-state index contributed by atoms with van der Waals surface area (Å²) in [6.07, 6.45) is 1.05. The molecule has 1 N–H and O–H groups in total. The molecule has 1 aliphatic rings. The number of likely N-dealkylation sites (N-methyl/N-ethyl adjacent to an activating group) is 2. The van der Waals surface area contributed by atoms with Crippen molar-refractivity contribution in [2.45, 2.75) is 32.4 Å². The second-order valence-corrected chi connectivity index (χ2v) is 4.23. The monoisotopic (exact) mass is 238 g/mol. The van der Waals surface area contributed by atoms with Crippen LogP contribution in [0.15, 0.2) is 24.3 Å². The summed E-state index contributed by atoms with van der Waals surface area (Å²) in [4.78, 5) is 2.27. The molecule has 3 heteroatoms. The Balaban J connectivity index is 0.000000686. The molecule has 0 aliphatic carbocycles. The summed E-state index contributed by atoms with van der Waals surface area (Å²) in [6.45, 7) is 5.03. The number of nitrogens with one attached hydrogen (secondary N) is 1. The van der Waals surface area contributed by atoms with Crippen molar-refractivity contribution in [2.24, 2.45) is 0 Å². The fourth-order valence-corrected chi connectivity index (χ4v) is 2.31. The molecule has 0 saturated carbocycles. The van der Waals surface area contributed by atoms with Gasteiger partial charge in [0.15, 0.2) is 0 Å². The van der Waals surface area contributed by atoms with Crippen molar-refractivity contribution in [1.82, 2.24) is 10.2 Å². The lowest BCUT2D eigenvalue weighted by Crippen LogP contribution is -2.27. The van der Waals surface area contributed by atoms with Gasteiger partial charge in [-0.05, 0) is 38.2 Å². The van der Waals surface area contributed by atoms with E-state index in [-0.39, 0.29) is 5.82 Å². The summed E-state index contributed by atoms with van der Waals surface area (Å²) < 4.78 is 13.1. The van der Waals surface area contributed by atoms with Crippen molar-refractivity contribution in [3.63, 3.8) is 0 Å². The Morgan fingerprint density at radius 1 is 1.35 bits per heavy atom. The predicted molar refractivity (Wildman–Crippen MR) is 70.6 cm³/mol. The number of hydrogen-bond donors (Lipinski definition) is 1. The first-order valence-electron chi connectivity index (χ1n) is 6.33. The minimum absolute atomic E-state index is 0.145. The van der Waals surface area contributed by atoms with E-state index >= 15 is 0 Å². The van der Waals surface area contributed by atoms with Gasteiger partial charge in [0.25, 0.3) is 0 Å². The highest BCUT2D eigenvalue weighted by atomic mass is 19.1. The summed E-state index contributed by atoms with van der Waals surface area (Å²) >= 11 is 0. The number of nitrogens with zero attached hydrogens (tertiary/aromatic N) is 1. The van der Waals surface area contributed by atoms with Crippen molar-refractivity contribution in [3.8, 4) is 0 Å². The molecule has 2 nitrogen and oxygen atoms in total. The van der Waals surface area contributed by atoms with Crippen LogP contribution in [0.2, 0.25) is 0 Å². The molecule has 2 unspecified atom stereocenters. The van der Waals surface area contributed by atoms with Crippen molar-refractivity contribution in [1.29, 1.82) is 0 Å². The average molecular weight is 238 g/mol. The fraction of sp³-hybridized carbons (Fsp3) is 0.571. The lowest BCUT2D eigenvalue weighted by molar-refractivity contribution is 0.314. The van der Waals surface area contributed by atoms with Gasteiger partial charge in [-0.25, -0.2) is 4.39 Å². The van der Waals surface area contributed by atoms with Crippen LogP contribution in [0.25, 0.3) is 0 Å². The fourth-order valence-electron chi connectivity index (χ4n) is 2.31. The molecule has 2 rings (SSSR count). The first-order chi connectivity index (χ1) is 8.20. The Labute approximate surface area is 104 Å². The van der Waals surface area contributed by atoms with Crippen LogP contribution in [0.5, 0.6) is 0 Å². The van der Waals surface area contributed by atoms with Crippen LogP contribution in [0.1, 0.15) is 31.9 Å². The molecular formula is C14H23FN2. The molecule has 17 heavy (non-hydrogen) atoms. The molecule has 0 aromatic heterocycles. The van der Waals surface area contributed by atoms with Crippen molar-refractivity contribution < 1.29 is 4.39 Å². The number of likely N-dealkylation sites (tertiary alicyclic amines) is 1. The molecule has 0 bridgehead atoms. The SMILES string of the molecule is CC.CNC1CC(c2cccc(F)c2)N(C)C1. The molecule has 1 heterocycles. The van der Waals surface area contributed by atoms with E-state index in [9.17, 15) is 4.39 Å². The van der Waals surface area contributed by atoms with Gasteiger partial charge in [-0.15, -0.1) is 0 Å². The number of hydrogen-bond acceptors (Lipinski definition) is 2. The third-order valence-electron chi connectivity index (χ3n) is 3.19. The molecule has 0 radical (unpaired) electrons. The van der Waals surface area contributed by atoms with Gasteiger partial charge >= 0.3 is 0 Å². The Morgan fingerprint density at radius 2 is 2.06 bits per heavy atom. The van der Waals surface area contributed by atoms with Crippen LogP contribution < -0.4 is 5.32 Å². The van der Waals surface area contributed by atoms with Crippen molar-refractivity contribution in [2.75, 3.05) is 20.6 Å². The van der Waals surface area contributed by atoms with Gasteiger partial charge in [-0.1, -0.05) is 26.0 Å². The molecule has 2 atom stereocenters. The van der Waals surface area contributed by atoms with Crippen LogP contribution in [0.4, 0.5) is 4.39 Å². The molecule has 1 fully saturated rings. The van der Waals surface area contributed by atoms with Crippen LogP contribution in [0, 0.1) is 5.82 Å². The van der Waals surface area contributed by atoms with Gasteiger partial charge in [0.2, 0.25) is 0 Å². The largest absolute Gasteiger partial charge is 0.316 e. The van der Waals surface area contributed by atoms with E-state index in [1.54, 1.807) is 12.1 Å². The quantitative estimate of drug-likeness (QED) is 0.852. The average Bonchev–Trinajstić information content (AvgIpc) is 2.73. The maximum Gasteiger partial charge on any atom is 0.123 e. The summed E-state index contributed by atoms with van der Waals surface area (Å²) in [7, 11) is 4.07. The maximum atomic E-state index is 13.1. The van der Waals surface area contributed by atoms with Crippen molar-refractivity contribution >= 4 is 0 Å². The summed E-state index contributed by atoms with van der Waals surface area (Å²) in [6, 6.07) is 7.78. The van der Waals surface area contributed by atoms with E-state index < -0.39 is 0 Å². The zero-order valence-corrected chi connectivity index (χ0v) is 11.2. The van der Waals surface area contributed by atoms with Gasteiger partial charge in [0, 0.05) is 18.6 Å². The van der Waals surface area contributed by atoms with E-state index in [1.807, 2.05) is 27.0 Å². The molecule has 1 saturated heterocycles. The van der Waals surface area contributed by atoms with Crippen LogP contribution in [-0.2, 0) is 0 Å². The molecule has 1 aromatic rings. The standard InChI is InChI=1S/C12H17FN2.C2H6/c1-14-11-7-12(15(2)8-11)9-4-3-5-10(13)6-9;1-2/h3-6,11-12,14H,7-8H2,1-2H3;1-2H3. The Morgan fingerprint density at radius 3 is 2.59 bits per heavy atom. The Hall–Kier alpha value is -0.930. The molecule has 0 spiro atoms. The highest BCUT2D eigenvalue weighted by Crippen LogP contribution is 2.30. The lowest BCUT2D eigenvalue weighted by Gasteiger charge is -2.19. The minimum Gasteiger partial charge on any atom is -0.316 e. The summed E-state index contributed by atoms with van der Waals surface area (Å²) in [5, 5.41) is 3.27. The Bertz CT molecular complexity index is 341. The molecule has 0 amide bonds. The zero-order chi connectivity index (χ0) is 12.8. The van der Waals surface area contributed by atoms with E-state index in [0.717, 1.165) is 18.5 Å². The maximum absolute atomic E-state index is 13.1. The first kappa shape index (κ1) is 14.1. The van der Waals surface area contributed by atoms with E-state index in [4.69, 9.17) is 0 Å². The van der Waals surface area contributed by atoms with Gasteiger partial charge in [-0.2, -0.15) is 0 Å². The zero-order valence-electron chi connectivity index (χ0n) is 11.2. The van der Waals surface area contributed by atoms with Crippen molar-refractivity contribution in [3.05, 3.63) is 35.6 Å². The highest BCUT2D eigenvalue weighted by molar-refractivity contribution is 5.21. The summed E-state index contributed by atoms with van der Waals surface area (Å²) in [5.74, 6) is -0.145. The third kappa shape index (κ3) is 3.51. The minimum atomic E-state index is -0.145. The van der Waals surface area contributed by atoms with E-state index in [1.165, 1.54) is 6.07 Å². The molecule has 1 aliphatic heterocycles. The topological polar surface area (TPSA) is 15.3 Å². The lowest BCUT2D eigenvalue weighted by atomic mass is 10.0. The number of benzene rings is 1. The second-order valence-electron chi connectivity index (χ2n) is 4.23. The van der Waals surface area contributed by atoms with E-state index in [0.29, 0.717) is 12.1 Å². The van der Waals surface area contributed by atoms with Gasteiger partial charge in [0.05, 0.1) is 0 Å². The van der Waals surface area contributed by atoms with Gasteiger partial charge in [0.1, 0.15) is 5.82 Å². The van der Waals surface area contributed by atoms with Gasteiger partial charge in [-0.3, -0.25) is 4.90 Å². The van der Waals surface area contributed by atoms with E-state index in [2.05, 4.69) is 17.3 Å². The smallest absolute Gasteiger partial charge is 0.123 e. The predicted octanol–water partition coefficient (Wildman–Crippen LogP) is 2.82. The van der Waals surface area contributed by atoms with Gasteiger partial charge < -0.3 is 5.32 Å². The number of rotatable bonds is 2. The normalized spacial score (nSPS) is 24.3. The third-order valence-corrected chi connectivity index (χ3v) is 3.19. The first-order valence-corrected chi connectivity index (χ1v) is 6.33. The highest BCUT2D eigenvalue weighted by Gasteiger charge is 2.29. The molecular weight excluding hydrogens is 215 g/mol. The Kier molecular flexibility index (Phi) is 5.59. The van der Waals surface area contributed by atoms with Crippen LogP contribution in [-0.4, -0.2) is 31.6 Å². The summed E-state index contributed by atoms with van der Waals surface area (Å²) in [5.41, 5.74) is 1.08. The van der Waals surface area contributed by atoms with Crippen LogP contribution >= 0.6 is 0 Å². The second kappa shape index (κ2) is 6.72. The molecule has 96 valence electrons.